The molecule has 3 rings (SSSR count). The number of piperidine rings is 1. The van der Waals surface area contributed by atoms with Gasteiger partial charge >= 0.3 is 6.09 Å². The smallest absolute Gasteiger partial charge is 0.410 e. The maximum absolute atomic E-state index is 12.1. The van der Waals surface area contributed by atoms with Crippen molar-refractivity contribution in [2.75, 3.05) is 19.6 Å². The third-order valence-corrected chi connectivity index (χ3v) is 4.27. The molecule has 1 atom stereocenters. The van der Waals surface area contributed by atoms with E-state index in [4.69, 9.17) is 4.74 Å². The van der Waals surface area contributed by atoms with Gasteiger partial charge in [0, 0.05) is 24.5 Å². The summed E-state index contributed by atoms with van der Waals surface area (Å²) < 4.78 is 8.86. The first kappa shape index (κ1) is 13.3. The summed E-state index contributed by atoms with van der Waals surface area (Å²) in [7, 11) is 0. The predicted octanol–water partition coefficient (Wildman–Crippen LogP) is 0.983. The van der Waals surface area contributed by atoms with Crippen LogP contribution in [0.3, 0.4) is 0 Å². The maximum Gasteiger partial charge on any atom is 0.410 e. The van der Waals surface area contributed by atoms with E-state index in [1.54, 1.807) is 15.2 Å². The van der Waals surface area contributed by atoms with Crippen LogP contribution in [0.5, 0.6) is 0 Å². The van der Waals surface area contributed by atoms with E-state index in [1.807, 2.05) is 6.92 Å². The number of carbonyl (C=O) groups is 2. The monoisotopic (exact) mass is 296 g/mol. The second kappa shape index (κ2) is 5.35. The molecule has 1 aromatic heterocycles. The molecule has 0 aliphatic carbocycles. The molecule has 2 aliphatic rings. The number of aromatic nitrogens is 2. The summed E-state index contributed by atoms with van der Waals surface area (Å²) in [6.07, 6.45) is 1.30. The minimum atomic E-state index is -0.231. The Hall–Kier alpha value is -1.70. The minimum absolute atomic E-state index is 0.0387. The molecule has 0 spiro atoms. The molecule has 2 amide bonds. The Morgan fingerprint density at radius 3 is 2.75 bits per heavy atom. The van der Waals surface area contributed by atoms with Crippen LogP contribution < -0.4 is 0 Å². The van der Waals surface area contributed by atoms with Crippen LogP contribution in [0.1, 0.15) is 30.3 Å². The molecule has 0 N–H and O–H groups in total. The zero-order chi connectivity index (χ0) is 14.1. The lowest BCUT2D eigenvalue weighted by atomic mass is 10.0. The Kier molecular flexibility index (Phi) is 3.56. The minimum Gasteiger partial charge on any atom is -0.444 e. The van der Waals surface area contributed by atoms with Gasteiger partial charge in [0.2, 0.25) is 0 Å². The molecule has 0 bridgehead atoms. The molecule has 2 aliphatic heterocycles. The normalized spacial score (nSPS) is 24.1. The second-order valence-corrected chi connectivity index (χ2v) is 5.77. The highest BCUT2D eigenvalue weighted by molar-refractivity contribution is 7.03. The summed E-state index contributed by atoms with van der Waals surface area (Å²) in [5.41, 5.74) is 0.405. The van der Waals surface area contributed by atoms with Crippen molar-refractivity contribution in [2.24, 2.45) is 0 Å². The molecular weight excluding hydrogens is 280 g/mol. The number of amides is 2. The average molecular weight is 296 g/mol. The van der Waals surface area contributed by atoms with Gasteiger partial charge in [0.25, 0.3) is 5.91 Å². The van der Waals surface area contributed by atoms with Crippen molar-refractivity contribution in [1.82, 2.24) is 19.4 Å². The fourth-order valence-corrected chi connectivity index (χ4v) is 3.16. The number of nitrogens with zero attached hydrogens (tertiary/aromatic N) is 4. The van der Waals surface area contributed by atoms with Crippen molar-refractivity contribution >= 4 is 23.5 Å². The highest BCUT2D eigenvalue weighted by Crippen LogP contribution is 2.23. The van der Waals surface area contributed by atoms with Crippen molar-refractivity contribution in [1.29, 1.82) is 0 Å². The van der Waals surface area contributed by atoms with Gasteiger partial charge in [0.15, 0.2) is 5.69 Å². The maximum atomic E-state index is 12.1. The first-order valence-electron chi connectivity index (χ1n) is 6.68. The molecule has 0 radical (unpaired) electrons. The van der Waals surface area contributed by atoms with Gasteiger partial charge in [0.05, 0.1) is 6.54 Å². The number of carbonyl (C=O) groups excluding carboxylic acids is 2. The summed E-state index contributed by atoms with van der Waals surface area (Å²) >= 11 is 1.18. The van der Waals surface area contributed by atoms with E-state index in [9.17, 15) is 9.59 Å². The van der Waals surface area contributed by atoms with Crippen molar-refractivity contribution in [2.45, 2.75) is 31.9 Å². The number of hydrogen-bond donors (Lipinski definition) is 0. The molecule has 7 nitrogen and oxygen atoms in total. The highest BCUT2D eigenvalue weighted by atomic mass is 32.1. The van der Waals surface area contributed by atoms with E-state index in [0.717, 1.165) is 12.8 Å². The Balaban J connectivity index is 1.57. The molecule has 2 saturated heterocycles. The number of ether oxygens (including phenoxy) is 1. The van der Waals surface area contributed by atoms with Gasteiger partial charge in [-0.25, -0.2) is 4.79 Å². The lowest BCUT2D eigenvalue weighted by molar-refractivity contribution is 0.0653. The number of likely N-dealkylation sites (tertiary alicyclic amines) is 1. The Labute approximate surface area is 120 Å². The van der Waals surface area contributed by atoms with Crippen LogP contribution in [-0.4, -0.2) is 63.2 Å². The van der Waals surface area contributed by atoms with Crippen molar-refractivity contribution in [3.63, 3.8) is 0 Å². The van der Waals surface area contributed by atoms with E-state index in [0.29, 0.717) is 25.3 Å². The summed E-state index contributed by atoms with van der Waals surface area (Å²) in [5, 5.41) is 5.46. The van der Waals surface area contributed by atoms with E-state index < -0.39 is 0 Å². The first-order valence-corrected chi connectivity index (χ1v) is 7.52. The SMILES string of the molecule is CC1CN(C2CCN(C(=O)c3csnn3)CC2)C(=O)O1. The fourth-order valence-electron chi connectivity index (χ4n) is 2.73. The number of rotatable bonds is 2. The van der Waals surface area contributed by atoms with Crippen molar-refractivity contribution < 1.29 is 14.3 Å². The van der Waals surface area contributed by atoms with Gasteiger partial charge in [-0.1, -0.05) is 4.49 Å². The van der Waals surface area contributed by atoms with Crippen LogP contribution in [0, 0.1) is 0 Å². The third kappa shape index (κ3) is 2.47. The zero-order valence-electron chi connectivity index (χ0n) is 11.2. The van der Waals surface area contributed by atoms with Crippen LogP contribution >= 0.6 is 11.5 Å². The third-order valence-electron chi connectivity index (χ3n) is 3.76. The summed E-state index contributed by atoms with van der Waals surface area (Å²) in [6.45, 7) is 3.82. The van der Waals surface area contributed by atoms with E-state index in [-0.39, 0.29) is 24.1 Å². The zero-order valence-corrected chi connectivity index (χ0v) is 12.0. The molecular formula is C12H16N4O3S. The Morgan fingerprint density at radius 2 is 2.20 bits per heavy atom. The lowest BCUT2D eigenvalue weighted by Gasteiger charge is -2.35. The first-order chi connectivity index (χ1) is 9.65. The van der Waals surface area contributed by atoms with Gasteiger partial charge in [-0.05, 0) is 31.3 Å². The quantitative estimate of drug-likeness (QED) is 0.813. The van der Waals surface area contributed by atoms with E-state index in [2.05, 4.69) is 9.59 Å². The van der Waals surface area contributed by atoms with Crippen molar-refractivity contribution in [3.05, 3.63) is 11.1 Å². The molecule has 0 aromatic carbocycles. The van der Waals surface area contributed by atoms with Gasteiger partial charge in [-0.2, -0.15) is 0 Å². The molecule has 1 unspecified atom stereocenters. The van der Waals surface area contributed by atoms with E-state index in [1.165, 1.54) is 11.5 Å². The summed E-state index contributed by atoms with van der Waals surface area (Å²) in [4.78, 5) is 27.4. The van der Waals surface area contributed by atoms with Crippen molar-refractivity contribution in [3.8, 4) is 0 Å². The van der Waals surface area contributed by atoms with Gasteiger partial charge < -0.3 is 14.5 Å². The Bertz CT molecular complexity index is 499. The molecule has 3 heterocycles. The fraction of sp³-hybridized carbons (Fsp3) is 0.667. The van der Waals surface area contributed by atoms with Crippen LogP contribution in [0.2, 0.25) is 0 Å². The standard InChI is InChI=1S/C12H16N4O3S/c1-8-6-16(12(18)19-8)9-2-4-15(5-3-9)11(17)10-7-20-14-13-10/h7-9H,2-6H2,1H3. The molecule has 2 fully saturated rings. The number of cyclic esters (lactones) is 1. The largest absolute Gasteiger partial charge is 0.444 e. The summed E-state index contributed by atoms with van der Waals surface area (Å²) in [5.74, 6) is -0.0745. The van der Waals surface area contributed by atoms with Crippen LogP contribution in [-0.2, 0) is 4.74 Å². The van der Waals surface area contributed by atoms with Crippen LogP contribution in [0.4, 0.5) is 4.79 Å². The van der Waals surface area contributed by atoms with Gasteiger partial charge in [0.1, 0.15) is 6.10 Å². The molecule has 108 valence electrons. The number of hydrogen-bond acceptors (Lipinski definition) is 6. The Morgan fingerprint density at radius 1 is 1.45 bits per heavy atom. The lowest BCUT2D eigenvalue weighted by Crippen LogP contribution is -2.47. The van der Waals surface area contributed by atoms with Crippen LogP contribution in [0.15, 0.2) is 5.38 Å². The molecule has 8 heteroatoms. The van der Waals surface area contributed by atoms with Gasteiger partial charge in [-0.15, -0.1) is 5.10 Å². The topological polar surface area (TPSA) is 75.6 Å². The van der Waals surface area contributed by atoms with E-state index >= 15 is 0 Å². The predicted molar refractivity (Wildman–Crippen MR) is 71.5 cm³/mol. The average Bonchev–Trinajstić information content (AvgIpc) is 3.08. The van der Waals surface area contributed by atoms with Crippen LogP contribution in [0.25, 0.3) is 0 Å². The van der Waals surface area contributed by atoms with Gasteiger partial charge in [-0.3, -0.25) is 4.79 Å². The second-order valence-electron chi connectivity index (χ2n) is 5.16. The summed E-state index contributed by atoms with van der Waals surface area (Å²) in [6, 6.07) is 0.171. The highest BCUT2D eigenvalue weighted by Gasteiger charge is 2.36. The molecule has 20 heavy (non-hydrogen) atoms. The molecule has 0 saturated carbocycles. The molecule has 1 aromatic rings.